The number of aryl methyl sites for hydroxylation is 2. The van der Waals surface area contributed by atoms with Crippen molar-refractivity contribution < 1.29 is 4.74 Å². The molecule has 4 heterocycles. The molecule has 5 rings (SSSR count). The summed E-state index contributed by atoms with van der Waals surface area (Å²) in [6, 6.07) is 6.02. The van der Waals surface area contributed by atoms with Gasteiger partial charge in [0.1, 0.15) is 6.33 Å². The Bertz CT molecular complexity index is 1220. The summed E-state index contributed by atoms with van der Waals surface area (Å²) in [6.45, 7) is 4.27. The largest absolute Gasteiger partial charge is 0.381 e. The Labute approximate surface area is 172 Å². The van der Waals surface area contributed by atoms with Gasteiger partial charge >= 0.3 is 5.69 Å². The van der Waals surface area contributed by atoms with Gasteiger partial charge in [0.05, 0.1) is 11.9 Å². The van der Waals surface area contributed by atoms with E-state index in [0.29, 0.717) is 23.8 Å². The first-order chi connectivity index (χ1) is 14.7. The van der Waals surface area contributed by atoms with Gasteiger partial charge in [-0.3, -0.25) is 14.6 Å². The van der Waals surface area contributed by atoms with E-state index in [0.717, 1.165) is 60.7 Å². The fourth-order valence-corrected chi connectivity index (χ4v) is 4.05. The summed E-state index contributed by atoms with van der Waals surface area (Å²) in [4.78, 5) is 28.8. The average Bonchev–Trinajstić information content (AvgIpc) is 3.40. The summed E-state index contributed by atoms with van der Waals surface area (Å²) in [5.74, 6) is 1.30. The Hall–Kier alpha value is -3.33. The van der Waals surface area contributed by atoms with Crippen LogP contribution in [0.1, 0.15) is 24.8 Å². The van der Waals surface area contributed by atoms with E-state index in [4.69, 9.17) is 9.72 Å². The van der Waals surface area contributed by atoms with Crippen molar-refractivity contribution in [2.24, 2.45) is 5.92 Å². The first-order valence-electron chi connectivity index (χ1n) is 10.2. The number of imidazole rings is 1. The quantitative estimate of drug-likeness (QED) is 0.528. The molecule has 0 amide bonds. The summed E-state index contributed by atoms with van der Waals surface area (Å²) in [7, 11) is 0. The number of fused-ring (bicyclic) bond motifs is 1. The molecule has 0 aliphatic carbocycles. The van der Waals surface area contributed by atoms with E-state index in [1.54, 1.807) is 10.8 Å². The Kier molecular flexibility index (Phi) is 4.88. The number of ether oxygens (including phenoxy) is 1. The van der Waals surface area contributed by atoms with Crippen LogP contribution in [-0.2, 0) is 11.3 Å². The number of nitrogens with zero attached hydrogens (tertiary/aromatic N) is 5. The van der Waals surface area contributed by atoms with Crippen molar-refractivity contribution in [3.63, 3.8) is 0 Å². The van der Waals surface area contributed by atoms with Gasteiger partial charge in [0.25, 0.3) is 0 Å². The van der Waals surface area contributed by atoms with Crippen molar-refractivity contribution >= 4 is 11.3 Å². The number of aromatic nitrogens is 7. The van der Waals surface area contributed by atoms with Crippen LogP contribution in [0.25, 0.3) is 33.9 Å². The second kappa shape index (κ2) is 7.83. The number of hydrogen-bond acceptors (Lipinski definition) is 6. The van der Waals surface area contributed by atoms with Crippen LogP contribution in [0.3, 0.4) is 0 Å². The standard InChI is InChI=1S/C21H23N7O2/c1-13-10-15(18-23-12-24-27-18)2-3-16(13)17-11-22-19-20(25-17)28(21(29)26-19)7-4-14-5-8-30-9-6-14/h2-3,10-12,14H,4-9H2,1H3,(H,22,26,29)(H,23,24,27). The topological polar surface area (TPSA) is 114 Å². The van der Waals surface area contributed by atoms with Gasteiger partial charge in [-0.1, -0.05) is 12.1 Å². The SMILES string of the molecule is Cc1cc(-c2ncn[nH]2)ccc1-c1cnc2[nH]c(=O)n(CCC3CCOCC3)c2n1. The monoisotopic (exact) mass is 405 g/mol. The lowest BCUT2D eigenvalue weighted by Crippen LogP contribution is -2.22. The van der Waals surface area contributed by atoms with E-state index in [9.17, 15) is 4.79 Å². The number of benzene rings is 1. The fourth-order valence-electron chi connectivity index (χ4n) is 4.05. The number of H-pyrrole nitrogens is 2. The van der Waals surface area contributed by atoms with Crippen molar-refractivity contribution in [3.8, 4) is 22.6 Å². The van der Waals surface area contributed by atoms with Crippen LogP contribution in [0.2, 0.25) is 0 Å². The molecule has 0 spiro atoms. The highest BCUT2D eigenvalue weighted by molar-refractivity contribution is 5.74. The summed E-state index contributed by atoms with van der Waals surface area (Å²) in [5.41, 5.74) is 4.67. The number of rotatable bonds is 5. The predicted molar refractivity (Wildman–Crippen MR) is 112 cm³/mol. The zero-order valence-corrected chi connectivity index (χ0v) is 16.8. The lowest BCUT2D eigenvalue weighted by molar-refractivity contribution is 0.0626. The Balaban J connectivity index is 1.46. The molecular weight excluding hydrogens is 382 g/mol. The van der Waals surface area contributed by atoms with Gasteiger partial charge in [0, 0.05) is 30.9 Å². The molecule has 1 aromatic carbocycles. The van der Waals surface area contributed by atoms with Gasteiger partial charge in [-0.25, -0.2) is 19.7 Å². The fraction of sp³-hybridized carbons (Fsp3) is 0.381. The molecule has 1 saturated heterocycles. The summed E-state index contributed by atoms with van der Waals surface area (Å²) >= 11 is 0. The molecular formula is C21H23N7O2. The summed E-state index contributed by atoms with van der Waals surface area (Å²) in [5, 5.41) is 6.78. The molecule has 4 aromatic rings. The maximum atomic E-state index is 12.5. The van der Waals surface area contributed by atoms with Crippen molar-refractivity contribution in [1.82, 2.24) is 34.7 Å². The number of aromatic amines is 2. The molecule has 1 fully saturated rings. The van der Waals surface area contributed by atoms with Gasteiger partial charge in [0.15, 0.2) is 17.1 Å². The number of hydrogen-bond donors (Lipinski definition) is 2. The maximum Gasteiger partial charge on any atom is 0.328 e. The molecule has 3 aromatic heterocycles. The first kappa shape index (κ1) is 18.7. The van der Waals surface area contributed by atoms with Crippen LogP contribution in [0.15, 0.2) is 35.5 Å². The van der Waals surface area contributed by atoms with E-state index in [1.165, 1.54) is 6.33 Å². The van der Waals surface area contributed by atoms with Gasteiger partial charge in [-0.05, 0) is 43.7 Å². The van der Waals surface area contributed by atoms with E-state index < -0.39 is 0 Å². The first-order valence-corrected chi connectivity index (χ1v) is 10.2. The van der Waals surface area contributed by atoms with Gasteiger partial charge in [-0.2, -0.15) is 5.10 Å². The highest BCUT2D eigenvalue weighted by Gasteiger charge is 2.17. The van der Waals surface area contributed by atoms with E-state index >= 15 is 0 Å². The minimum atomic E-state index is -0.161. The van der Waals surface area contributed by atoms with Crippen LogP contribution in [0.4, 0.5) is 0 Å². The third kappa shape index (κ3) is 3.52. The normalized spacial score (nSPS) is 15.1. The molecule has 0 bridgehead atoms. The van der Waals surface area contributed by atoms with Crippen LogP contribution in [-0.4, -0.2) is 47.9 Å². The molecule has 2 N–H and O–H groups in total. The zero-order chi connectivity index (χ0) is 20.5. The van der Waals surface area contributed by atoms with Crippen molar-refractivity contribution in [1.29, 1.82) is 0 Å². The molecule has 1 aliphatic rings. The third-order valence-corrected chi connectivity index (χ3v) is 5.77. The molecule has 0 unspecified atom stereocenters. The van der Waals surface area contributed by atoms with Crippen molar-refractivity contribution in [3.05, 3.63) is 46.8 Å². The molecule has 154 valence electrons. The maximum absolute atomic E-state index is 12.5. The Morgan fingerprint density at radius 2 is 2.10 bits per heavy atom. The van der Waals surface area contributed by atoms with Gasteiger partial charge in [0.2, 0.25) is 0 Å². The van der Waals surface area contributed by atoms with Gasteiger partial charge in [-0.15, -0.1) is 0 Å². The highest BCUT2D eigenvalue weighted by atomic mass is 16.5. The highest BCUT2D eigenvalue weighted by Crippen LogP contribution is 2.26. The second-order valence-corrected chi connectivity index (χ2v) is 7.72. The molecule has 9 heteroatoms. The lowest BCUT2D eigenvalue weighted by Gasteiger charge is -2.21. The average molecular weight is 405 g/mol. The second-order valence-electron chi connectivity index (χ2n) is 7.72. The molecule has 1 aliphatic heterocycles. The minimum Gasteiger partial charge on any atom is -0.381 e. The molecule has 0 saturated carbocycles. The molecule has 0 atom stereocenters. The van der Waals surface area contributed by atoms with Crippen LogP contribution >= 0.6 is 0 Å². The van der Waals surface area contributed by atoms with Crippen LogP contribution in [0.5, 0.6) is 0 Å². The summed E-state index contributed by atoms with van der Waals surface area (Å²) in [6.07, 6.45) is 6.23. The Morgan fingerprint density at radius 3 is 2.87 bits per heavy atom. The smallest absolute Gasteiger partial charge is 0.328 e. The minimum absolute atomic E-state index is 0.161. The van der Waals surface area contributed by atoms with Gasteiger partial charge < -0.3 is 4.74 Å². The summed E-state index contributed by atoms with van der Waals surface area (Å²) < 4.78 is 7.14. The zero-order valence-electron chi connectivity index (χ0n) is 16.8. The number of nitrogens with one attached hydrogen (secondary N) is 2. The van der Waals surface area contributed by atoms with Crippen molar-refractivity contribution in [2.45, 2.75) is 32.7 Å². The van der Waals surface area contributed by atoms with E-state index in [-0.39, 0.29) is 5.69 Å². The molecule has 0 radical (unpaired) electrons. The predicted octanol–water partition coefficient (Wildman–Crippen LogP) is 2.70. The van der Waals surface area contributed by atoms with E-state index in [2.05, 4.69) is 25.1 Å². The lowest BCUT2D eigenvalue weighted by atomic mass is 9.97. The van der Waals surface area contributed by atoms with E-state index in [1.807, 2.05) is 25.1 Å². The molecule has 9 nitrogen and oxygen atoms in total. The van der Waals surface area contributed by atoms with Crippen LogP contribution in [0, 0.1) is 12.8 Å². The van der Waals surface area contributed by atoms with Crippen molar-refractivity contribution in [2.75, 3.05) is 13.2 Å². The Morgan fingerprint density at radius 1 is 1.23 bits per heavy atom. The van der Waals surface area contributed by atoms with Crippen LogP contribution < -0.4 is 5.69 Å². The molecule has 30 heavy (non-hydrogen) atoms. The third-order valence-electron chi connectivity index (χ3n) is 5.77.